The molecule has 0 unspecified atom stereocenters. The summed E-state index contributed by atoms with van der Waals surface area (Å²) in [6.07, 6.45) is 7.86. The van der Waals surface area contributed by atoms with Crippen molar-refractivity contribution < 1.29 is 20.8 Å². The quantitative estimate of drug-likeness (QED) is 0.512. The maximum Gasteiger partial charge on any atom is -0.147 e. The zero-order valence-corrected chi connectivity index (χ0v) is 19.2. The molecule has 1 aliphatic rings. The van der Waals surface area contributed by atoms with Crippen molar-refractivity contribution in [1.29, 1.82) is 0 Å². The first-order valence-corrected chi connectivity index (χ1v) is 15.2. The van der Waals surface area contributed by atoms with Gasteiger partial charge in [0, 0.05) is 0 Å². The Kier molecular flexibility index (Phi) is 9.26. The van der Waals surface area contributed by atoms with Crippen LogP contribution in [0.15, 0.2) is 70.6 Å². The number of halogens is 2. The first-order valence-electron chi connectivity index (χ1n) is 8.21. The summed E-state index contributed by atoms with van der Waals surface area (Å²) < 4.78 is 8.21. The van der Waals surface area contributed by atoms with Gasteiger partial charge in [0.15, 0.2) is 0 Å². The average molecular weight is 428 g/mol. The van der Waals surface area contributed by atoms with Crippen LogP contribution in [-0.4, -0.2) is 6.66 Å². The van der Waals surface area contributed by atoms with Gasteiger partial charge in [-0.1, -0.05) is 0 Å². The van der Waals surface area contributed by atoms with E-state index < -0.39 is 24.2 Å². The monoisotopic (exact) mass is 427 g/mol. The Balaban J connectivity index is 0.00000156. The van der Waals surface area contributed by atoms with Crippen molar-refractivity contribution >= 4 is 31.5 Å². The molecule has 0 heterocycles. The Morgan fingerprint density at radius 1 is 0.960 bits per heavy atom. The number of allylic oxidation sites excluding steroid dienone is 4. The molecule has 3 rings (SSSR count). The van der Waals surface area contributed by atoms with E-state index >= 15 is 0 Å². The number of rotatable bonds is 5. The average Bonchev–Trinajstić information content (AvgIpc) is 3.07. The van der Waals surface area contributed by atoms with Gasteiger partial charge in [-0.3, -0.25) is 0 Å². The van der Waals surface area contributed by atoms with Crippen molar-refractivity contribution in [2.75, 3.05) is 0 Å². The maximum absolute atomic E-state index is 6.62. The second-order valence-corrected chi connectivity index (χ2v) is 18.7. The normalized spacial score (nSPS) is 12.2. The molecule has 2 aromatic carbocycles. The molecule has 2 aromatic rings. The van der Waals surface area contributed by atoms with Gasteiger partial charge in [-0.05, 0) is 0 Å². The van der Waals surface area contributed by atoms with Crippen LogP contribution in [0.1, 0.15) is 12.0 Å². The topological polar surface area (TPSA) is 9.23 Å². The van der Waals surface area contributed by atoms with Crippen LogP contribution in [0, 0.1) is 6.92 Å². The summed E-state index contributed by atoms with van der Waals surface area (Å²) in [7, 11) is 0. The third kappa shape index (κ3) is 5.87. The van der Waals surface area contributed by atoms with Crippen molar-refractivity contribution in [1.82, 2.24) is 0 Å². The molecule has 1 nitrogen and oxygen atoms in total. The second-order valence-electron chi connectivity index (χ2n) is 6.35. The van der Waals surface area contributed by atoms with E-state index in [-0.39, 0.29) is 24.8 Å². The third-order valence-corrected chi connectivity index (χ3v) is 14.3. The van der Waals surface area contributed by atoms with Crippen LogP contribution in [0.25, 0.3) is 11.1 Å². The minimum absolute atomic E-state index is 0. The molecule has 0 radical (unpaired) electrons. The molecular formula is C20H25Cl2OSiTi. The van der Waals surface area contributed by atoms with Crippen molar-refractivity contribution in [2.24, 2.45) is 0 Å². The molecule has 0 aliphatic heterocycles. The molecule has 0 aromatic heterocycles. The van der Waals surface area contributed by atoms with Gasteiger partial charge in [0.2, 0.25) is 0 Å². The van der Waals surface area contributed by atoms with E-state index in [1.165, 1.54) is 16.7 Å². The van der Waals surface area contributed by atoms with Gasteiger partial charge < -0.3 is 0 Å². The summed E-state index contributed by atoms with van der Waals surface area (Å²) in [5, 5.41) is 0. The first-order chi connectivity index (χ1) is 11.1. The Morgan fingerprint density at radius 2 is 1.68 bits per heavy atom. The van der Waals surface area contributed by atoms with Gasteiger partial charge in [-0.2, -0.15) is 0 Å². The van der Waals surface area contributed by atoms with E-state index in [4.69, 9.17) is 3.32 Å². The van der Waals surface area contributed by atoms with Crippen LogP contribution in [0.5, 0.6) is 5.75 Å². The van der Waals surface area contributed by atoms with Crippen LogP contribution < -0.4 is 3.32 Å². The van der Waals surface area contributed by atoms with E-state index in [9.17, 15) is 0 Å². The van der Waals surface area contributed by atoms with E-state index in [0.717, 1.165) is 12.2 Å². The minimum Gasteiger partial charge on any atom is -0.147 e. The van der Waals surface area contributed by atoms with E-state index in [1.807, 2.05) is 0 Å². The van der Waals surface area contributed by atoms with Crippen molar-refractivity contribution in [2.45, 2.75) is 26.4 Å². The zero-order chi connectivity index (χ0) is 16.2. The van der Waals surface area contributed by atoms with E-state index in [2.05, 4.69) is 86.8 Å². The Morgan fingerprint density at radius 3 is 2.28 bits per heavy atom. The van der Waals surface area contributed by atoms with E-state index in [1.54, 1.807) is 3.88 Å². The number of hydrogen-bond donors (Lipinski definition) is 0. The SMILES string of the molecule is Cc1cc([O][Ti]([C]2=CC=CC2)[SiH](C)C)cc(-c2ccccc2)c1.Cl.Cl. The zero-order valence-electron chi connectivity index (χ0n) is 14.9. The van der Waals surface area contributed by atoms with Crippen LogP contribution in [0.4, 0.5) is 0 Å². The summed E-state index contributed by atoms with van der Waals surface area (Å²) in [5.74, 6) is 1.06. The number of benzene rings is 2. The maximum atomic E-state index is 6.62. The molecular weight excluding hydrogens is 403 g/mol. The number of aryl methyl sites for hydroxylation is 1. The molecule has 0 saturated heterocycles. The van der Waals surface area contributed by atoms with Gasteiger partial charge in [0.05, 0.1) is 0 Å². The largest absolute Gasteiger partial charge is 0.147 e. The van der Waals surface area contributed by atoms with Crippen molar-refractivity contribution in [3.63, 3.8) is 0 Å². The fraction of sp³-hybridized carbons (Fsp3) is 0.200. The first kappa shape index (κ1) is 22.3. The van der Waals surface area contributed by atoms with Crippen LogP contribution in [-0.2, 0) is 17.5 Å². The molecule has 0 bridgehead atoms. The van der Waals surface area contributed by atoms with Gasteiger partial charge in [0.25, 0.3) is 0 Å². The van der Waals surface area contributed by atoms with Gasteiger partial charge in [-0.15, -0.1) is 24.8 Å². The standard InChI is InChI=1S/C13H12O.C5H5.C2H7Si.2ClH.Ti/c1-10-7-12(9-13(14)8-10)11-5-3-2-4-6-11;1-2-4-5-3-1;1-3-2;;;/h2-9,14H,1H3;1-3H,4H2;3H,1-2H3;2*1H;/q;;;;;+1/p-1. The predicted octanol–water partition coefficient (Wildman–Crippen LogP) is 6.24. The van der Waals surface area contributed by atoms with Gasteiger partial charge in [0.1, 0.15) is 0 Å². The Hall–Kier alpha value is -0.769. The molecule has 0 fully saturated rings. The van der Waals surface area contributed by atoms with E-state index in [0.29, 0.717) is 0 Å². The third-order valence-electron chi connectivity index (χ3n) is 4.00. The molecule has 5 heteroatoms. The summed E-state index contributed by atoms with van der Waals surface area (Å²) >= 11 is -1.60. The summed E-state index contributed by atoms with van der Waals surface area (Å²) in [6, 6.07) is 17.2. The van der Waals surface area contributed by atoms with Gasteiger partial charge in [-0.25, -0.2) is 0 Å². The Labute approximate surface area is 171 Å². The van der Waals surface area contributed by atoms with Crippen LogP contribution in [0.3, 0.4) is 0 Å². The molecule has 1 aliphatic carbocycles. The summed E-state index contributed by atoms with van der Waals surface area (Å²) in [5.41, 5.74) is 3.77. The number of hydrogen-bond acceptors (Lipinski definition) is 1. The Bertz CT molecular complexity index is 745. The fourth-order valence-electron chi connectivity index (χ4n) is 2.92. The molecule has 0 spiro atoms. The second kappa shape index (κ2) is 10.4. The molecule has 0 saturated carbocycles. The minimum atomic E-state index is -1.60. The molecule has 0 amide bonds. The summed E-state index contributed by atoms with van der Waals surface area (Å²) in [6.45, 7) is 6.24. The summed E-state index contributed by atoms with van der Waals surface area (Å²) in [4.78, 5) is 0. The molecule has 133 valence electrons. The van der Waals surface area contributed by atoms with Crippen LogP contribution in [0.2, 0.25) is 13.1 Å². The van der Waals surface area contributed by atoms with Gasteiger partial charge >= 0.3 is 147 Å². The predicted molar refractivity (Wildman–Crippen MR) is 112 cm³/mol. The smallest absolute Gasteiger partial charge is 0.147 e. The molecule has 25 heavy (non-hydrogen) atoms. The van der Waals surface area contributed by atoms with Crippen LogP contribution >= 0.6 is 24.8 Å². The fourth-order valence-corrected chi connectivity index (χ4v) is 11.6. The molecule has 0 atom stereocenters. The van der Waals surface area contributed by atoms with Crippen molar-refractivity contribution in [3.8, 4) is 16.9 Å². The van der Waals surface area contributed by atoms with Crippen molar-refractivity contribution in [3.05, 3.63) is 76.2 Å². The molecule has 0 N–H and O–H groups in total.